The van der Waals surface area contributed by atoms with E-state index in [0.29, 0.717) is 16.1 Å². The molecule has 1 aromatic carbocycles. The lowest BCUT2D eigenvalue weighted by Crippen LogP contribution is -2.18. The van der Waals surface area contributed by atoms with Crippen LogP contribution in [0.5, 0.6) is 0 Å². The molecule has 0 atom stereocenters. The van der Waals surface area contributed by atoms with Crippen LogP contribution in [0.2, 0.25) is 0 Å². The molecule has 106 valence electrons. The summed E-state index contributed by atoms with van der Waals surface area (Å²) >= 11 is 3.04. The molecule has 0 fully saturated rings. The van der Waals surface area contributed by atoms with Gasteiger partial charge in [0.1, 0.15) is 0 Å². The second kappa shape index (κ2) is 5.55. The minimum Gasteiger partial charge on any atom is -0.409 e. The predicted octanol–water partition coefficient (Wildman–Crippen LogP) is 3.31. The number of para-hydroxylation sites is 1. The first-order valence-electron chi connectivity index (χ1n) is 6.04. The Bertz CT molecular complexity index is 807. The van der Waals surface area contributed by atoms with Crippen LogP contribution in [0.15, 0.2) is 46.9 Å². The fraction of sp³-hybridized carbons (Fsp3) is 0. The molecule has 1 amide bonds. The number of hydrogen-bond acceptors (Lipinski definition) is 5. The topological polar surface area (TPSA) is 87.7 Å². The van der Waals surface area contributed by atoms with Gasteiger partial charge >= 0.3 is 0 Å². The van der Waals surface area contributed by atoms with E-state index >= 15 is 0 Å². The molecule has 4 N–H and O–H groups in total. The third-order valence-electron chi connectivity index (χ3n) is 2.92. The van der Waals surface area contributed by atoms with Gasteiger partial charge in [0.15, 0.2) is 5.84 Å². The zero-order valence-corrected chi connectivity index (χ0v) is 12.4. The number of carbonyl (C=O) groups excluding carboxylic acids is 1. The van der Waals surface area contributed by atoms with Crippen LogP contribution in [-0.4, -0.2) is 17.0 Å². The number of hydrogen-bond donors (Lipinski definition) is 3. The molecule has 5 nitrogen and oxygen atoms in total. The molecule has 0 bridgehead atoms. The first-order valence-corrected chi connectivity index (χ1v) is 7.74. The molecule has 3 rings (SSSR count). The Morgan fingerprint density at radius 2 is 2.05 bits per heavy atom. The lowest BCUT2D eigenvalue weighted by molar-refractivity contribution is 0.103. The number of nitrogens with zero attached hydrogens (tertiary/aromatic N) is 1. The number of anilines is 1. The number of amidine groups is 1. The predicted molar refractivity (Wildman–Crippen MR) is 86.6 cm³/mol. The maximum absolute atomic E-state index is 12.3. The summed E-state index contributed by atoms with van der Waals surface area (Å²) in [7, 11) is 0. The monoisotopic (exact) mass is 317 g/mol. The summed E-state index contributed by atoms with van der Waals surface area (Å²) in [6.07, 6.45) is 0. The maximum atomic E-state index is 12.3. The highest BCUT2D eigenvalue weighted by molar-refractivity contribution is 7.27. The van der Waals surface area contributed by atoms with Gasteiger partial charge < -0.3 is 16.3 Å². The molecule has 2 heterocycles. The van der Waals surface area contributed by atoms with Gasteiger partial charge in [0.25, 0.3) is 5.91 Å². The quantitative estimate of drug-likeness (QED) is 0.300. The molecular weight excluding hydrogens is 306 g/mol. The largest absolute Gasteiger partial charge is 0.409 e. The van der Waals surface area contributed by atoms with E-state index in [0.717, 1.165) is 9.40 Å². The van der Waals surface area contributed by atoms with Crippen molar-refractivity contribution in [3.63, 3.8) is 0 Å². The van der Waals surface area contributed by atoms with Crippen molar-refractivity contribution >= 4 is 49.5 Å². The Labute approximate surface area is 128 Å². The number of oxime groups is 1. The molecule has 0 saturated carbocycles. The Morgan fingerprint density at radius 3 is 2.81 bits per heavy atom. The van der Waals surface area contributed by atoms with Gasteiger partial charge in [0, 0.05) is 15.0 Å². The number of nitrogens with one attached hydrogen (secondary N) is 1. The van der Waals surface area contributed by atoms with Gasteiger partial charge in [-0.25, -0.2) is 0 Å². The molecule has 21 heavy (non-hydrogen) atoms. The van der Waals surface area contributed by atoms with Crippen molar-refractivity contribution in [1.82, 2.24) is 0 Å². The summed E-state index contributed by atoms with van der Waals surface area (Å²) in [5.41, 5.74) is 6.59. The summed E-state index contributed by atoms with van der Waals surface area (Å²) in [6.45, 7) is 0. The maximum Gasteiger partial charge on any atom is 0.265 e. The Hall–Kier alpha value is -2.38. The van der Waals surface area contributed by atoms with Crippen LogP contribution in [0.1, 0.15) is 15.2 Å². The summed E-state index contributed by atoms with van der Waals surface area (Å²) in [4.78, 5) is 12.9. The highest BCUT2D eigenvalue weighted by atomic mass is 32.1. The molecule has 0 aliphatic carbocycles. The summed E-state index contributed by atoms with van der Waals surface area (Å²) in [6, 6.07) is 10.8. The van der Waals surface area contributed by atoms with E-state index in [-0.39, 0.29) is 11.7 Å². The van der Waals surface area contributed by atoms with E-state index in [9.17, 15) is 4.79 Å². The van der Waals surface area contributed by atoms with Crippen LogP contribution in [0.4, 0.5) is 5.69 Å². The number of nitrogens with two attached hydrogens (primary N) is 1. The Kier molecular flexibility index (Phi) is 3.59. The van der Waals surface area contributed by atoms with Crippen LogP contribution in [0.25, 0.3) is 9.40 Å². The first kappa shape index (κ1) is 13.6. The number of carbonyl (C=O) groups is 1. The smallest absolute Gasteiger partial charge is 0.265 e. The molecule has 7 heteroatoms. The highest BCUT2D eigenvalue weighted by Crippen LogP contribution is 2.30. The molecule has 0 aliphatic heterocycles. The van der Waals surface area contributed by atoms with Crippen molar-refractivity contribution in [3.8, 4) is 0 Å². The van der Waals surface area contributed by atoms with Crippen LogP contribution in [0, 0.1) is 0 Å². The average molecular weight is 317 g/mol. The van der Waals surface area contributed by atoms with Crippen molar-refractivity contribution in [2.45, 2.75) is 0 Å². The SMILES string of the molecule is N/C(=N/O)c1ccccc1NC(=O)c1cc2sccc2s1. The van der Waals surface area contributed by atoms with Crippen molar-refractivity contribution in [3.05, 3.63) is 52.2 Å². The minimum atomic E-state index is -0.207. The van der Waals surface area contributed by atoms with Gasteiger partial charge in [-0.3, -0.25) is 4.79 Å². The lowest BCUT2D eigenvalue weighted by atomic mass is 10.1. The normalized spacial score (nSPS) is 11.7. The third-order valence-corrected chi connectivity index (χ3v) is 5.01. The summed E-state index contributed by atoms with van der Waals surface area (Å²) in [5, 5.41) is 16.6. The number of benzene rings is 1. The second-order valence-electron chi connectivity index (χ2n) is 4.24. The fourth-order valence-corrected chi connectivity index (χ4v) is 3.93. The first-order chi connectivity index (χ1) is 10.2. The van der Waals surface area contributed by atoms with E-state index in [2.05, 4.69) is 10.5 Å². The number of thiophene rings is 2. The van der Waals surface area contributed by atoms with Crippen LogP contribution in [-0.2, 0) is 0 Å². The van der Waals surface area contributed by atoms with E-state index in [1.54, 1.807) is 35.6 Å². The van der Waals surface area contributed by atoms with Gasteiger partial charge in [0.2, 0.25) is 0 Å². The number of rotatable bonds is 3. The molecule has 0 radical (unpaired) electrons. The molecule has 0 unspecified atom stereocenters. The van der Waals surface area contributed by atoms with E-state index in [1.165, 1.54) is 11.3 Å². The molecular formula is C14H11N3O2S2. The van der Waals surface area contributed by atoms with Crippen molar-refractivity contribution < 1.29 is 10.0 Å². The highest BCUT2D eigenvalue weighted by Gasteiger charge is 2.14. The Balaban J connectivity index is 1.90. The molecule has 2 aromatic heterocycles. The van der Waals surface area contributed by atoms with Crippen LogP contribution >= 0.6 is 22.7 Å². The average Bonchev–Trinajstić information content (AvgIpc) is 3.08. The van der Waals surface area contributed by atoms with E-state index in [1.807, 2.05) is 17.5 Å². The molecule has 0 saturated heterocycles. The fourth-order valence-electron chi connectivity index (χ4n) is 1.93. The van der Waals surface area contributed by atoms with Gasteiger partial charge in [-0.2, -0.15) is 0 Å². The van der Waals surface area contributed by atoms with Crippen molar-refractivity contribution in [2.24, 2.45) is 10.9 Å². The van der Waals surface area contributed by atoms with Crippen LogP contribution < -0.4 is 11.1 Å². The van der Waals surface area contributed by atoms with E-state index < -0.39 is 0 Å². The summed E-state index contributed by atoms with van der Waals surface area (Å²) in [5.74, 6) is -0.250. The number of amides is 1. The molecule has 3 aromatic rings. The molecule has 0 aliphatic rings. The van der Waals surface area contributed by atoms with Crippen LogP contribution in [0.3, 0.4) is 0 Å². The number of fused-ring (bicyclic) bond motifs is 1. The standard InChI is InChI=1S/C14H11N3O2S2/c15-13(17-19)8-3-1-2-4-9(8)16-14(18)12-7-11-10(21-12)5-6-20-11/h1-7,19H,(H2,15,17)(H,16,18). The van der Waals surface area contributed by atoms with E-state index in [4.69, 9.17) is 10.9 Å². The van der Waals surface area contributed by atoms with Gasteiger partial charge in [-0.15, -0.1) is 22.7 Å². The van der Waals surface area contributed by atoms with Gasteiger partial charge in [-0.05, 0) is 29.6 Å². The zero-order chi connectivity index (χ0) is 14.8. The summed E-state index contributed by atoms with van der Waals surface area (Å²) < 4.78 is 2.18. The second-order valence-corrected chi connectivity index (χ2v) is 6.28. The lowest BCUT2D eigenvalue weighted by Gasteiger charge is -2.08. The molecule has 0 spiro atoms. The van der Waals surface area contributed by atoms with Crippen molar-refractivity contribution in [2.75, 3.05) is 5.32 Å². The minimum absolute atomic E-state index is 0.0435. The van der Waals surface area contributed by atoms with Gasteiger partial charge in [0.05, 0.1) is 10.6 Å². The zero-order valence-electron chi connectivity index (χ0n) is 10.7. The van der Waals surface area contributed by atoms with Gasteiger partial charge in [-0.1, -0.05) is 17.3 Å². The Morgan fingerprint density at radius 1 is 1.24 bits per heavy atom. The van der Waals surface area contributed by atoms with Crippen molar-refractivity contribution in [1.29, 1.82) is 0 Å². The third kappa shape index (κ3) is 2.61.